The molecule has 2 atom stereocenters. The quantitative estimate of drug-likeness (QED) is 0.386. The molecule has 0 bridgehead atoms. The van der Waals surface area contributed by atoms with Gasteiger partial charge < -0.3 is 19.9 Å². The molecule has 1 heterocycles. The van der Waals surface area contributed by atoms with Crippen LogP contribution in [0.15, 0.2) is 23.2 Å². The second-order valence-electron chi connectivity index (χ2n) is 6.70. The smallest absolute Gasteiger partial charge is 0.409 e. The largest absolute Gasteiger partial charge is 0.450 e. The molecular weight excluding hydrogens is 481 g/mol. The number of rotatable bonds is 4. The molecule has 156 valence electrons. The minimum atomic E-state index is -0.499. The monoisotopic (exact) mass is 508 g/mol. The van der Waals surface area contributed by atoms with Gasteiger partial charge in [-0.1, -0.05) is 6.07 Å². The number of ether oxygens (including phenoxy) is 1. The summed E-state index contributed by atoms with van der Waals surface area (Å²) in [7, 11) is 0. The zero-order chi connectivity index (χ0) is 19.4. The van der Waals surface area contributed by atoms with Crippen molar-refractivity contribution in [3.05, 3.63) is 35.4 Å². The Morgan fingerprint density at radius 3 is 2.36 bits per heavy atom. The van der Waals surface area contributed by atoms with Gasteiger partial charge >= 0.3 is 6.09 Å². The second kappa shape index (κ2) is 10.2. The maximum atomic E-state index is 14.0. The van der Waals surface area contributed by atoms with Crippen molar-refractivity contribution in [2.45, 2.75) is 32.2 Å². The van der Waals surface area contributed by atoms with Crippen molar-refractivity contribution < 1.29 is 18.3 Å². The zero-order valence-electron chi connectivity index (χ0n) is 16.2. The predicted octanol–water partition coefficient (Wildman–Crippen LogP) is 3.18. The lowest BCUT2D eigenvalue weighted by Crippen LogP contribution is -2.54. The summed E-state index contributed by atoms with van der Waals surface area (Å²) < 4.78 is 33.0. The third-order valence-corrected chi connectivity index (χ3v) is 4.89. The fourth-order valence-corrected chi connectivity index (χ4v) is 3.41. The fraction of sp³-hybridized carbons (Fsp3) is 0.579. The summed E-state index contributed by atoms with van der Waals surface area (Å²) in [6, 6.07) is 3.93. The first-order chi connectivity index (χ1) is 13.0. The molecule has 1 aliphatic heterocycles. The maximum Gasteiger partial charge on any atom is 0.409 e. The molecule has 1 saturated heterocycles. The summed E-state index contributed by atoms with van der Waals surface area (Å²) in [5.41, 5.74) is 0.151. The summed E-state index contributed by atoms with van der Waals surface area (Å²) in [6.07, 6.45) is 0.375. The number of aliphatic imine (C=N–C) groups is 1. The van der Waals surface area contributed by atoms with E-state index in [0.29, 0.717) is 45.8 Å². The molecule has 1 aliphatic carbocycles. The lowest BCUT2D eigenvalue weighted by atomic mass is 10.1. The Morgan fingerprint density at radius 1 is 1.18 bits per heavy atom. The van der Waals surface area contributed by atoms with Crippen LogP contribution >= 0.6 is 24.0 Å². The topological polar surface area (TPSA) is 57.2 Å². The Kier molecular flexibility index (Phi) is 8.26. The molecule has 2 unspecified atom stereocenters. The number of halogens is 3. The Balaban J connectivity index is 0.00000280. The van der Waals surface area contributed by atoms with E-state index >= 15 is 0 Å². The fourth-order valence-electron chi connectivity index (χ4n) is 3.41. The van der Waals surface area contributed by atoms with Crippen LogP contribution in [0.25, 0.3) is 0 Å². The molecule has 0 radical (unpaired) electrons. The molecule has 9 heteroatoms. The normalized spacial score (nSPS) is 21.8. The molecule has 1 saturated carbocycles. The van der Waals surface area contributed by atoms with Gasteiger partial charge in [0.05, 0.1) is 6.61 Å². The third kappa shape index (κ3) is 5.24. The van der Waals surface area contributed by atoms with Gasteiger partial charge in [-0.3, -0.25) is 4.99 Å². The van der Waals surface area contributed by atoms with E-state index in [2.05, 4.69) is 15.2 Å². The maximum absolute atomic E-state index is 14.0. The molecule has 1 amide bonds. The molecular formula is C19H27F2IN4O2. The molecule has 28 heavy (non-hydrogen) atoms. The van der Waals surface area contributed by atoms with Crippen LogP contribution in [0.4, 0.5) is 13.6 Å². The van der Waals surface area contributed by atoms with Crippen molar-refractivity contribution in [3.8, 4) is 0 Å². The summed E-state index contributed by atoms with van der Waals surface area (Å²) >= 11 is 0. The number of guanidine groups is 1. The average Bonchev–Trinajstić information content (AvgIpc) is 3.40. The second-order valence-corrected chi connectivity index (χ2v) is 6.70. The summed E-state index contributed by atoms with van der Waals surface area (Å²) in [6.45, 7) is 7.07. The number of amides is 1. The Hall–Kier alpha value is -1.65. The SMILES string of the molecule is CCN=C(NC1CC1c1c(F)cccc1F)N1CCN(C(=O)OCC)CC1.I. The van der Waals surface area contributed by atoms with Crippen LogP contribution in [0, 0.1) is 11.6 Å². The molecule has 1 aromatic carbocycles. The first-order valence-electron chi connectivity index (χ1n) is 9.46. The first kappa shape index (κ1) is 22.6. The predicted molar refractivity (Wildman–Crippen MR) is 114 cm³/mol. The number of hydrogen-bond acceptors (Lipinski definition) is 3. The first-order valence-corrected chi connectivity index (χ1v) is 9.46. The van der Waals surface area contributed by atoms with Gasteiger partial charge in [0, 0.05) is 50.2 Å². The minimum absolute atomic E-state index is 0. The lowest BCUT2D eigenvalue weighted by Gasteiger charge is -2.36. The van der Waals surface area contributed by atoms with E-state index in [4.69, 9.17) is 4.74 Å². The minimum Gasteiger partial charge on any atom is -0.450 e. The van der Waals surface area contributed by atoms with Crippen LogP contribution < -0.4 is 5.32 Å². The molecule has 0 aromatic heterocycles. The Bertz CT molecular complexity index is 691. The number of nitrogens with zero attached hydrogens (tertiary/aromatic N) is 3. The summed E-state index contributed by atoms with van der Waals surface area (Å²) in [4.78, 5) is 20.1. The van der Waals surface area contributed by atoms with Crippen LogP contribution in [-0.4, -0.2) is 67.2 Å². The van der Waals surface area contributed by atoms with Crippen molar-refractivity contribution in [1.29, 1.82) is 0 Å². The number of piperazine rings is 1. The molecule has 0 spiro atoms. The van der Waals surface area contributed by atoms with Crippen molar-refractivity contribution in [3.63, 3.8) is 0 Å². The molecule has 6 nitrogen and oxygen atoms in total. The van der Waals surface area contributed by atoms with Gasteiger partial charge in [-0.05, 0) is 32.4 Å². The standard InChI is InChI=1S/C19H26F2N4O2.HI/c1-3-22-18(24-8-10-25(11-9-24)19(26)27-4-2)23-16-12-13(16)17-14(20)6-5-7-15(17)21;/h5-7,13,16H,3-4,8-12H2,1-2H3,(H,22,23);1H. The molecule has 2 fully saturated rings. The highest BCUT2D eigenvalue weighted by atomic mass is 127. The van der Waals surface area contributed by atoms with Gasteiger partial charge in [-0.25, -0.2) is 13.6 Å². The summed E-state index contributed by atoms with van der Waals surface area (Å²) in [5, 5.41) is 3.34. The van der Waals surface area contributed by atoms with E-state index in [-0.39, 0.29) is 47.6 Å². The van der Waals surface area contributed by atoms with E-state index in [0.717, 1.165) is 5.96 Å². The molecule has 2 aliphatic rings. The van der Waals surface area contributed by atoms with Crippen LogP contribution in [0.3, 0.4) is 0 Å². The highest BCUT2D eigenvalue weighted by molar-refractivity contribution is 14.0. The van der Waals surface area contributed by atoms with Crippen molar-refractivity contribution >= 4 is 36.0 Å². The van der Waals surface area contributed by atoms with E-state index < -0.39 is 11.6 Å². The average molecular weight is 508 g/mol. The van der Waals surface area contributed by atoms with E-state index in [1.165, 1.54) is 18.2 Å². The van der Waals surface area contributed by atoms with Gasteiger partial charge in [0.2, 0.25) is 0 Å². The highest BCUT2D eigenvalue weighted by Crippen LogP contribution is 2.43. The van der Waals surface area contributed by atoms with Gasteiger partial charge in [0.25, 0.3) is 0 Å². The Morgan fingerprint density at radius 2 is 1.79 bits per heavy atom. The van der Waals surface area contributed by atoms with Gasteiger partial charge in [0.15, 0.2) is 5.96 Å². The molecule has 1 aromatic rings. The van der Waals surface area contributed by atoms with Crippen LogP contribution in [-0.2, 0) is 4.74 Å². The molecule has 3 rings (SSSR count). The van der Waals surface area contributed by atoms with E-state index in [9.17, 15) is 13.6 Å². The van der Waals surface area contributed by atoms with Crippen LogP contribution in [0.2, 0.25) is 0 Å². The van der Waals surface area contributed by atoms with Gasteiger partial charge in [0.1, 0.15) is 11.6 Å². The number of carbonyl (C=O) groups is 1. The Labute approximate surface area is 181 Å². The van der Waals surface area contributed by atoms with Crippen molar-refractivity contribution in [2.24, 2.45) is 4.99 Å². The van der Waals surface area contributed by atoms with Crippen molar-refractivity contribution in [2.75, 3.05) is 39.3 Å². The van der Waals surface area contributed by atoms with Crippen LogP contribution in [0.1, 0.15) is 31.7 Å². The van der Waals surface area contributed by atoms with E-state index in [1.54, 1.807) is 11.8 Å². The third-order valence-electron chi connectivity index (χ3n) is 4.89. The number of nitrogens with one attached hydrogen (secondary N) is 1. The summed E-state index contributed by atoms with van der Waals surface area (Å²) in [5.74, 6) is -0.456. The zero-order valence-corrected chi connectivity index (χ0v) is 18.5. The van der Waals surface area contributed by atoms with E-state index in [1.807, 2.05) is 6.92 Å². The number of benzene rings is 1. The van der Waals surface area contributed by atoms with Crippen LogP contribution in [0.5, 0.6) is 0 Å². The van der Waals surface area contributed by atoms with Crippen molar-refractivity contribution in [1.82, 2.24) is 15.1 Å². The number of carbonyl (C=O) groups excluding carboxylic acids is 1. The van der Waals surface area contributed by atoms with Gasteiger partial charge in [-0.2, -0.15) is 0 Å². The number of hydrogen-bond donors (Lipinski definition) is 1. The lowest BCUT2D eigenvalue weighted by molar-refractivity contribution is 0.0914. The van der Waals surface area contributed by atoms with Gasteiger partial charge in [-0.15, -0.1) is 24.0 Å². The highest BCUT2D eigenvalue weighted by Gasteiger charge is 2.43. The molecule has 1 N–H and O–H groups in total.